The van der Waals surface area contributed by atoms with E-state index in [-0.39, 0.29) is 0 Å². The Balaban J connectivity index is 1.54. The van der Waals surface area contributed by atoms with Crippen molar-refractivity contribution in [1.82, 2.24) is 9.97 Å². The minimum atomic E-state index is 0.759. The third-order valence-electron chi connectivity index (χ3n) is 4.60. The van der Waals surface area contributed by atoms with E-state index >= 15 is 0 Å². The van der Waals surface area contributed by atoms with Gasteiger partial charge < -0.3 is 10.2 Å². The first-order valence-corrected chi connectivity index (χ1v) is 8.76. The maximum absolute atomic E-state index is 4.51. The molecule has 0 aliphatic carbocycles. The van der Waals surface area contributed by atoms with Gasteiger partial charge in [-0.25, -0.2) is 9.97 Å². The van der Waals surface area contributed by atoms with Crippen molar-refractivity contribution in [1.29, 1.82) is 0 Å². The number of hydrogen-bond donors (Lipinski definition) is 1. The molecule has 4 heteroatoms. The largest absolute Gasteiger partial charge is 0.366 e. The van der Waals surface area contributed by atoms with E-state index in [9.17, 15) is 0 Å². The van der Waals surface area contributed by atoms with Crippen LogP contribution in [-0.2, 0) is 13.0 Å². The van der Waals surface area contributed by atoms with Gasteiger partial charge in [0.25, 0.3) is 0 Å². The summed E-state index contributed by atoms with van der Waals surface area (Å²) in [5.74, 6) is 1.81. The van der Waals surface area contributed by atoms with Crippen molar-refractivity contribution in [2.24, 2.45) is 0 Å². The van der Waals surface area contributed by atoms with Gasteiger partial charge in [-0.3, -0.25) is 0 Å². The van der Waals surface area contributed by atoms with Gasteiger partial charge in [-0.15, -0.1) is 0 Å². The van der Waals surface area contributed by atoms with Crippen LogP contribution >= 0.6 is 0 Å². The van der Waals surface area contributed by atoms with E-state index in [2.05, 4.69) is 75.6 Å². The normalized spacial score (nSPS) is 13.4. The summed E-state index contributed by atoms with van der Waals surface area (Å²) in [6.45, 7) is 3.86. The second-order valence-corrected chi connectivity index (χ2v) is 6.49. The minimum absolute atomic E-state index is 0.759. The summed E-state index contributed by atoms with van der Waals surface area (Å²) in [4.78, 5) is 11.2. The van der Waals surface area contributed by atoms with Crippen LogP contribution in [0.25, 0.3) is 0 Å². The van der Waals surface area contributed by atoms with Gasteiger partial charge in [0.05, 0.1) is 0 Å². The molecule has 3 aromatic rings. The number of para-hydroxylation sites is 1. The molecule has 0 radical (unpaired) electrons. The van der Waals surface area contributed by atoms with Crippen LogP contribution in [0.4, 0.5) is 17.3 Å². The van der Waals surface area contributed by atoms with E-state index in [1.54, 1.807) is 6.33 Å². The molecular weight excluding hydrogens is 308 g/mol. The van der Waals surface area contributed by atoms with Crippen LogP contribution in [0.5, 0.6) is 0 Å². The molecule has 0 bridgehead atoms. The lowest BCUT2D eigenvalue weighted by atomic mass is 10.0. The monoisotopic (exact) mass is 330 g/mol. The molecule has 0 saturated carbocycles. The average molecular weight is 330 g/mol. The first kappa shape index (κ1) is 15.6. The molecule has 0 atom stereocenters. The molecule has 1 aromatic heterocycles. The fourth-order valence-corrected chi connectivity index (χ4v) is 3.38. The molecule has 1 aliphatic heterocycles. The van der Waals surface area contributed by atoms with Crippen LogP contribution in [0.2, 0.25) is 0 Å². The van der Waals surface area contributed by atoms with Crippen LogP contribution in [0.15, 0.2) is 60.9 Å². The number of nitrogens with one attached hydrogen (secondary N) is 1. The number of anilines is 3. The lowest BCUT2D eigenvalue weighted by molar-refractivity contribution is 0.758. The van der Waals surface area contributed by atoms with Gasteiger partial charge in [0.15, 0.2) is 0 Å². The van der Waals surface area contributed by atoms with Gasteiger partial charge >= 0.3 is 0 Å². The Hall–Kier alpha value is -2.88. The Morgan fingerprint density at radius 2 is 1.96 bits per heavy atom. The SMILES string of the molecule is Cc1cccc(CNc2cc(N3CCCc4ccccc43)ncn2)c1. The van der Waals surface area contributed by atoms with Crippen molar-refractivity contribution in [3.8, 4) is 0 Å². The molecule has 0 fully saturated rings. The Morgan fingerprint density at radius 3 is 2.88 bits per heavy atom. The van der Waals surface area contributed by atoms with E-state index in [0.29, 0.717) is 0 Å². The first-order chi connectivity index (χ1) is 12.3. The van der Waals surface area contributed by atoms with Crippen LogP contribution in [0, 0.1) is 6.92 Å². The minimum Gasteiger partial charge on any atom is -0.366 e. The Labute approximate surface area is 148 Å². The van der Waals surface area contributed by atoms with Gasteiger partial charge in [-0.1, -0.05) is 48.0 Å². The van der Waals surface area contributed by atoms with Crippen molar-refractivity contribution in [3.05, 3.63) is 77.6 Å². The number of hydrogen-bond acceptors (Lipinski definition) is 4. The summed E-state index contributed by atoms with van der Waals surface area (Å²) in [5.41, 5.74) is 5.18. The first-order valence-electron chi connectivity index (χ1n) is 8.76. The highest BCUT2D eigenvalue weighted by Crippen LogP contribution is 2.32. The van der Waals surface area contributed by atoms with Gasteiger partial charge in [0.2, 0.25) is 0 Å². The fraction of sp³-hybridized carbons (Fsp3) is 0.238. The molecule has 2 aromatic carbocycles. The quantitative estimate of drug-likeness (QED) is 0.766. The molecule has 0 saturated heterocycles. The molecule has 4 nitrogen and oxygen atoms in total. The van der Waals surface area contributed by atoms with Crippen molar-refractivity contribution < 1.29 is 0 Å². The second kappa shape index (κ2) is 6.93. The van der Waals surface area contributed by atoms with Crippen LogP contribution < -0.4 is 10.2 Å². The van der Waals surface area contributed by atoms with Crippen molar-refractivity contribution in [2.45, 2.75) is 26.3 Å². The zero-order chi connectivity index (χ0) is 17.1. The molecular formula is C21H22N4. The van der Waals surface area contributed by atoms with Crippen LogP contribution in [-0.4, -0.2) is 16.5 Å². The molecule has 0 spiro atoms. The molecule has 0 unspecified atom stereocenters. The summed E-state index contributed by atoms with van der Waals surface area (Å²) in [7, 11) is 0. The Bertz CT molecular complexity index is 875. The van der Waals surface area contributed by atoms with E-state index in [0.717, 1.165) is 37.6 Å². The lowest BCUT2D eigenvalue weighted by Crippen LogP contribution is -2.25. The molecule has 2 heterocycles. The number of fused-ring (bicyclic) bond motifs is 1. The molecule has 4 rings (SSSR count). The summed E-state index contributed by atoms with van der Waals surface area (Å²) in [6.07, 6.45) is 3.93. The van der Waals surface area contributed by atoms with Crippen LogP contribution in [0.3, 0.4) is 0 Å². The van der Waals surface area contributed by atoms with E-state index in [4.69, 9.17) is 0 Å². The Morgan fingerprint density at radius 1 is 1.04 bits per heavy atom. The number of nitrogens with zero attached hydrogens (tertiary/aromatic N) is 3. The predicted octanol–water partition coefficient (Wildman–Crippen LogP) is 4.48. The summed E-state index contributed by atoms with van der Waals surface area (Å²) in [6, 6.07) is 19.1. The average Bonchev–Trinajstić information content (AvgIpc) is 2.66. The maximum Gasteiger partial charge on any atom is 0.138 e. The maximum atomic E-state index is 4.51. The van der Waals surface area contributed by atoms with E-state index in [1.807, 2.05) is 6.07 Å². The second-order valence-electron chi connectivity index (χ2n) is 6.49. The number of aryl methyl sites for hydroxylation is 2. The highest BCUT2D eigenvalue weighted by Gasteiger charge is 2.18. The number of benzene rings is 2. The third kappa shape index (κ3) is 3.48. The zero-order valence-electron chi connectivity index (χ0n) is 14.4. The molecule has 0 amide bonds. The van der Waals surface area contributed by atoms with Gasteiger partial charge in [-0.2, -0.15) is 0 Å². The predicted molar refractivity (Wildman–Crippen MR) is 102 cm³/mol. The van der Waals surface area contributed by atoms with Gasteiger partial charge in [0, 0.05) is 24.8 Å². The fourth-order valence-electron chi connectivity index (χ4n) is 3.38. The zero-order valence-corrected chi connectivity index (χ0v) is 14.4. The molecule has 25 heavy (non-hydrogen) atoms. The van der Waals surface area contributed by atoms with Crippen molar-refractivity contribution in [3.63, 3.8) is 0 Å². The number of aromatic nitrogens is 2. The molecule has 126 valence electrons. The van der Waals surface area contributed by atoms with Crippen molar-refractivity contribution >= 4 is 17.3 Å². The molecule has 1 N–H and O–H groups in total. The topological polar surface area (TPSA) is 41.0 Å². The highest BCUT2D eigenvalue weighted by atomic mass is 15.2. The highest BCUT2D eigenvalue weighted by molar-refractivity contribution is 5.66. The van der Waals surface area contributed by atoms with E-state index in [1.165, 1.54) is 22.4 Å². The molecule has 1 aliphatic rings. The van der Waals surface area contributed by atoms with Crippen LogP contribution in [0.1, 0.15) is 23.1 Å². The Kier molecular flexibility index (Phi) is 4.34. The van der Waals surface area contributed by atoms with E-state index < -0.39 is 0 Å². The summed E-state index contributed by atoms with van der Waals surface area (Å²) < 4.78 is 0. The third-order valence-corrected chi connectivity index (χ3v) is 4.60. The van der Waals surface area contributed by atoms with Gasteiger partial charge in [0.1, 0.15) is 18.0 Å². The van der Waals surface area contributed by atoms with Gasteiger partial charge in [-0.05, 0) is 37.0 Å². The summed E-state index contributed by atoms with van der Waals surface area (Å²) >= 11 is 0. The lowest BCUT2D eigenvalue weighted by Gasteiger charge is -2.30. The summed E-state index contributed by atoms with van der Waals surface area (Å²) in [5, 5.41) is 3.41. The van der Waals surface area contributed by atoms with Crippen molar-refractivity contribution in [2.75, 3.05) is 16.8 Å². The smallest absolute Gasteiger partial charge is 0.138 e. The standard InChI is InChI=1S/C21H22N4/c1-16-6-4-7-17(12-16)14-22-20-13-21(24-15-23-20)25-11-5-9-18-8-2-3-10-19(18)25/h2-4,6-8,10,12-13,15H,5,9,11,14H2,1H3,(H,22,23,24). The number of rotatable bonds is 4.